The lowest BCUT2D eigenvalue weighted by atomic mass is 10.2. The molecule has 1 N–H and O–H groups in total. The van der Waals surface area contributed by atoms with Crippen molar-refractivity contribution in [2.24, 2.45) is 0 Å². The number of methoxy groups -OCH3 is 1. The minimum absolute atomic E-state index is 0.0172. The van der Waals surface area contributed by atoms with Gasteiger partial charge in [0.2, 0.25) is 0 Å². The number of carbonyl (C=O) groups excluding carboxylic acids is 1. The van der Waals surface area contributed by atoms with E-state index in [0.717, 1.165) is 4.68 Å². The summed E-state index contributed by atoms with van der Waals surface area (Å²) < 4.78 is 46.7. The highest BCUT2D eigenvalue weighted by Crippen LogP contribution is 2.24. The average Bonchev–Trinajstić information content (AvgIpc) is 3.40. The van der Waals surface area contributed by atoms with Gasteiger partial charge in [0.1, 0.15) is 18.8 Å². The smallest absolute Gasteiger partial charge is 0.416 e. The van der Waals surface area contributed by atoms with Gasteiger partial charge in [0.05, 0.1) is 18.7 Å². The molecule has 0 spiro atoms. The van der Waals surface area contributed by atoms with Crippen molar-refractivity contribution in [3.63, 3.8) is 0 Å². The first-order valence-electron chi connectivity index (χ1n) is 10.8. The first-order chi connectivity index (χ1) is 18.0. The Morgan fingerprint density at radius 3 is 2.50 bits per heavy atom. The van der Waals surface area contributed by atoms with Crippen LogP contribution < -0.4 is 5.69 Å². The molecule has 0 saturated heterocycles. The van der Waals surface area contributed by atoms with E-state index in [1.807, 2.05) is 0 Å². The van der Waals surface area contributed by atoms with Crippen LogP contribution in [0.15, 0.2) is 47.4 Å². The van der Waals surface area contributed by atoms with Crippen LogP contribution in [0.3, 0.4) is 0 Å². The summed E-state index contributed by atoms with van der Waals surface area (Å²) in [5.41, 5.74) is -0.676. The van der Waals surface area contributed by atoms with Crippen LogP contribution >= 0.6 is 23.2 Å². The molecule has 0 aliphatic rings. The number of rotatable bonds is 8. The van der Waals surface area contributed by atoms with Crippen LogP contribution in [-0.4, -0.2) is 64.6 Å². The summed E-state index contributed by atoms with van der Waals surface area (Å²) in [5, 5.41) is 18.7. The number of aliphatic hydroxyl groups is 1. The molecule has 0 aliphatic heterocycles. The molecule has 3 aromatic heterocycles. The zero-order valence-electron chi connectivity index (χ0n) is 19.4. The van der Waals surface area contributed by atoms with Crippen molar-refractivity contribution in [1.29, 1.82) is 0 Å². The van der Waals surface area contributed by atoms with Crippen LogP contribution in [0.1, 0.15) is 11.6 Å². The van der Waals surface area contributed by atoms with Crippen molar-refractivity contribution in [3.8, 4) is 17.2 Å². The van der Waals surface area contributed by atoms with E-state index in [1.165, 1.54) is 42.3 Å². The second-order valence-electron chi connectivity index (χ2n) is 7.86. The summed E-state index contributed by atoms with van der Waals surface area (Å²) in [5.74, 6) is -0.552. The summed E-state index contributed by atoms with van der Waals surface area (Å²) in [6, 6.07) is 9.02. The molecule has 1 aromatic carbocycles. The van der Waals surface area contributed by atoms with Crippen LogP contribution in [0.5, 0.6) is 0 Å². The number of carbonyl (C=O) groups is 1. The molecule has 0 amide bonds. The van der Waals surface area contributed by atoms with Crippen molar-refractivity contribution in [3.05, 3.63) is 74.8 Å². The maximum atomic E-state index is 13.1. The number of hydrogen-bond acceptors (Lipinski definition) is 8. The van der Waals surface area contributed by atoms with Crippen molar-refractivity contribution in [2.45, 2.75) is 31.8 Å². The molecule has 0 saturated carbocycles. The fourth-order valence-corrected chi connectivity index (χ4v) is 3.74. The van der Waals surface area contributed by atoms with E-state index in [2.05, 4.69) is 20.2 Å². The third-order valence-electron chi connectivity index (χ3n) is 5.24. The minimum Gasteiger partial charge on any atom is -0.469 e. The van der Waals surface area contributed by atoms with Crippen molar-refractivity contribution in [1.82, 2.24) is 34.1 Å². The Labute approximate surface area is 222 Å². The molecule has 0 bridgehead atoms. The fraction of sp³-hybridized carbons (Fsp3) is 0.273. The van der Waals surface area contributed by atoms with E-state index in [0.29, 0.717) is 9.59 Å². The number of ether oxygens (including phenoxy) is 1. The van der Waals surface area contributed by atoms with E-state index in [1.54, 1.807) is 12.1 Å². The Bertz CT molecular complexity index is 1520. The van der Waals surface area contributed by atoms with Gasteiger partial charge in [-0.05, 0) is 36.4 Å². The lowest BCUT2D eigenvalue weighted by molar-refractivity contribution is -0.207. The molecule has 16 heteroatoms. The van der Waals surface area contributed by atoms with Crippen molar-refractivity contribution >= 4 is 29.2 Å². The number of aliphatic hydroxyl groups excluding tert-OH is 1. The van der Waals surface area contributed by atoms with Crippen LogP contribution in [0.25, 0.3) is 17.2 Å². The monoisotopic (exact) mass is 571 g/mol. The molecular formula is C22H18Cl2F3N7O4. The summed E-state index contributed by atoms with van der Waals surface area (Å²) in [6.45, 7) is -1.49. The van der Waals surface area contributed by atoms with Gasteiger partial charge in [0.15, 0.2) is 23.6 Å². The lowest BCUT2D eigenvalue weighted by Crippen LogP contribution is -2.37. The highest BCUT2D eigenvalue weighted by Gasteiger charge is 2.39. The first-order valence-corrected chi connectivity index (χ1v) is 11.5. The summed E-state index contributed by atoms with van der Waals surface area (Å²) in [6.07, 6.45) is -6.66. The molecular weight excluding hydrogens is 554 g/mol. The van der Waals surface area contributed by atoms with Gasteiger partial charge < -0.3 is 9.84 Å². The highest BCUT2D eigenvalue weighted by molar-refractivity contribution is 6.32. The Hall–Kier alpha value is -3.75. The van der Waals surface area contributed by atoms with E-state index >= 15 is 0 Å². The molecule has 38 heavy (non-hydrogen) atoms. The van der Waals surface area contributed by atoms with E-state index in [4.69, 9.17) is 27.9 Å². The topological polar surface area (TPSA) is 130 Å². The average molecular weight is 572 g/mol. The third-order valence-corrected chi connectivity index (χ3v) is 5.78. The number of hydrogen-bond donors (Lipinski definition) is 1. The Kier molecular flexibility index (Phi) is 7.85. The second-order valence-corrected chi connectivity index (χ2v) is 8.70. The molecule has 0 unspecified atom stereocenters. The number of pyridine rings is 1. The summed E-state index contributed by atoms with van der Waals surface area (Å²) in [7, 11) is 1.19. The Balaban J connectivity index is 1.78. The van der Waals surface area contributed by atoms with E-state index in [-0.39, 0.29) is 46.8 Å². The highest BCUT2D eigenvalue weighted by atomic mass is 35.5. The van der Waals surface area contributed by atoms with Gasteiger partial charge in [-0.1, -0.05) is 23.2 Å². The van der Waals surface area contributed by atoms with Gasteiger partial charge in [-0.25, -0.2) is 19.4 Å². The second kappa shape index (κ2) is 10.9. The number of halogens is 5. The maximum Gasteiger partial charge on any atom is 0.416 e. The predicted octanol–water partition coefficient (Wildman–Crippen LogP) is 2.68. The van der Waals surface area contributed by atoms with Crippen LogP contribution in [0, 0.1) is 0 Å². The van der Waals surface area contributed by atoms with Crippen LogP contribution in [0.2, 0.25) is 10.0 Å². The van der Waals surface area contributed by atoms with Crippen LogP contribution in [0.4, 0.5) is 13.2 Å². The molecule has 0 fully saturated rings. The molecule has 4 aromatic rings. The third kappa shape index (κ3) is 5.87. The van der Waals surface area contributed by atoms with Gasteiger partial charge in [-0.2, -0.15) is 17.9 Å². The van der Waals surface area contributed by atoms with E-state index in [9.17, 15) is 27.9 Å². The maximum absolute atomic E-state index is 13.1. The zero-order valence-corrected chi connectivity index (χ0v) is 20.9. The SMILES string of the molecule is COC(=O)Cc1nc(Cn2nc(-c3ccc(Cl)cc3)n(C[C@H](O)C(F)(F)F)c2=O)nn1-c1ncccc1Cl. The molecule has 200 valence electrons. The zero-order chi connectivity index (χ0) is 27.6. The number of nitrogens with zero attached hydrogens (tertiary/aromatic N) is 7. The van der Waals surface area contributed by atoms with Crippen molar-refractivity contribution in [2.75, 3.05) is 7.11 Å². The minimum atomic E-state index is -4.97. The summed E-state index contributed by atoms with van der Waals surface area (Å²) in [4.78, 5) is 33.5. The normalized spacial score (nSPS) is 12.5. The van der Waals surface area contributed by atoms with Gasteiger partial charge in [0, 0.05) is 16.8 Å². The predicted molar refractivity (Wildman–Crippen MR) is 128 cm³/mol. The fourth-order valence-electron chi connectivity index (χ4n) is 3.41. The molecule has 4 rings (SSSR count). The Morgan fingerprint density at radius 1 is 1.16 bits per heavy atom. The van der Waals surface area contributed by atoms with Crippen molar-refractivity contribution < 1.29 is 27.8 Å². The standard InChI is InChI=1S/C22H18Cl2F3N7O4/c1-38-18(36)9-17-29-16(30-34(17)20-14(24)3-2-8-28-20)11-33-21(37)32(10-15(35)22(25,26)27)19(31-33)12-4-6-13(23)7-5-12/h2-8,15,35H,9-11H2,1H3/t15-/m0/s1. The van der Waals surface area contributed by atoms with E-state index < -0.39 is 30.5 Å². The molecule has 3 heterocycles. The number of esters is 1. The number of alkyl halides is 3. The first kappa shape index (κ1) is 27.3. The van der Waals surface area contributed by atoms with Crippen LogP contribution in [-0.2, 0) is 29.0 Å². The molecule has 0 aliphatic carbocycles. The molecule has 11 nitrogen and oxygen atoms in total. The molecule has 1 atom stereocenters. The lowest BCUT2D eigenvalue weighted by Gasteiger charge is -2.15. The molecule has 0 radical (unpaired) electrons. The quantitative estimate of drug-likeness (QED) is 0.319. The summed E-state index contributed by atoms with van der Waals surface area (Å²) >= 11 is 12.1. The Morgan fingerprint density at radius 2 is 1.87 bits per heavy atom. The van der Waals surface area contributed by atoms with Gasteiger partial charge >= 0.3 is 17.8 Å². The van der Waals surface area contributed by atoms with Gasteiger partial charge in [-0.15, -0.1) is 10.2 Å². The van der Waals surface area contributed by atoms with Gasteiger partial charge in [0.25, 0.3) is 0 Å². The largest absolute Gasteiger partial charge is 0.469 e. The number of aromatic nitrogens is 7. The number of benzene rings is 1. The van der Waals surface area contributed by atoms with Gasteiger partial charge in [-0.3, -0.25) is 9.36 Å².